The van der Waals surface area contributed by atoms with Crippen molar-refractivity contribution in [2.45, 2.75) is 4.90 Å². The molecule has 0 spiro atoms. The van der Waals surface area contributed by atoms with Gasteiger partial charge in [-0.15, -0.1) is 12.4 Å². The monoisotopic (exact) mass is 310 g/mol. The number of aryl methyl sites for hydroxylation is 1. The van der Waals surface area contributed by atoms with Crippen molar-refractivity contribution in [1.82, 2.24) is 19.9 Å². The number of rotatable bonds is 6. The molecule has 1 aromatic rings. The molecule has 0 fully saturated rings. The van der Waals surface area contributed by atoms with Crippen LogP contribution in [0, 0.1) is 0 Å². The summed E-state index contributed by atoms with van der Waals surface area (Å²) < 4.78 is 27.7. The summed E-state index contributed by atoms with van der Waals surface area (Å²) in [6.07, 6.45) is 1.41. The lowest BCUT2D eigenvalue weighted by Gasteiger charge is -2.03. The Morgan fingerprint density at radius 2 is 1.95 bits per heavy atom. The van der Waals surface area contributed by atoms with Crippen molar-refractivity contribution in [3.8, 4) is 0 Å². The van der Waals surface area contributed by atoms with E-state index in [9.17, 15) is 13.2 Å². The normalized spacial score (nSPS) is 10.9. The van der Waals surface area contributed by atoms with Crippen molar-refractivity contribution in [3.63, 3.8) is 0 Å². The fraction of sp³-hybridized carbons (Fsp3) is 0.500. The van der Waals surface area contributed by atoms with Gasteiger partial charge in [0.2, 0.25) is 10.0 Å². The lowest BCUT2D eigenvalue weighted by molar-refractivity contribution is 0.0955. The van der Waals surface area contributed by atoms with E-state index >= 15 is 0 Å². The second-order valence-corrected chi connectivity index (χ2v) is 5.52. The Balaban J connectivity index is 0.00000324. The molecule has 1 amide bonds. The van der Waals surface area contributed by atoms with E-state index in [4.69, 9.17) is 0 Å². The number of sulfonamides is 1. The van der Waals surface area contributed by atoms with E-state index in [1.165, 1.54) is 23.9 Å². The van der Waals surface area contributed by atoms with Crippen LogP contribution in [-0.4, -0.2) is 46.1 Å². The van der Waals surface area contributed by atoms with Gasteiger partial charge in [0, 0.05) is 33.4 Å². The number of likely N-dealkylation sites (N-methyl/N-ethyl adjacent to an activating group) is 1. The van der Waals surface area contributed by atoms with E-state index in [1.54, 1.807) is 14.1 Å². The highest BCUT2D eigenvalue weighted by molar-refractivity contribution is 7.89. The van der Waals surface area contributed by atoms with E-state index in [1.807, 2.05) is 0 Å². The number of nitrogens with zero attached hydrogens (tertiary/aromatic N) is 1. The van der Waals surface area contributed by atoms with Crippen LogP contribution in [0.4, 0.5) is 0 Å². The first kappa shape index (κ1) is 17.9. The smallest absolute Gasteiger partial charge is 0.267 e. The molecule has 9 heteroatoms. The molecule has 110 valence electrons. The number of carbonyl (C=O) groups is 1. The molecule has 0 aliphatic carbocycles. The zero-order chi connectivity index (χ0) is 13.8. The fourth-order valence-electron chi connectivity index (χ4n) is 1.43. The number of carbonyl (C=O) groups excluding carboxylic acids is 1. The molecule has 1 heterocycles. The predicted octanol–water partition coefficient (Wildman–Crippen LogP) is -0.696. The SMILES string of the molecule is CNCCNS(=O)(=O)c1cc(C(=O)NC)n(C)c1.Cl. The average Bonchev–Trinajstić information content (AvgIpc) is 2.71. The van der Waals surface area contributed by atoms with Gasteiger partial charge in [-0.05, 0) is 13.1 Å². The highest BCUT2D eigenvalue weighted by Crippen LogP contribution is 2.13. The molecule has 3 N–H and O–H groups in total. The second kappa shape index (κ2) is 7.49. The molecular formula is C10H19ClN4O3S. The first-order valence-electron chi connectivity index (χ1n) is 5.45. The van der Waals surface area contributed by atoms with Crippen LogP contribution in [0.3, 0.4) is 0 Å². The third-order valence-corrected chi connectivity index (χ3v) is 3.84. The van der Waals surface area contributed by atoms with Gasteiger partial charge in [0.1, 0.15) is 10.6 Å². The molecule has 0 saturated heterocycles. The van der Waals surface area contributed by atoms with E-state index in [0.29, 0.717) is 18.8 Å². The topological polar surface area (TPSA) is 92.2 Å². The van der Waals surface area contributed by atoms with Crippen molar-refractivity contribution in [2.75, 3.05) is 27.2 Å². The van der Waals surface area contributed by atoms with Gasteiger partial charge in [-0.3, -0.25) is 4.79 Å². The Bertz CT molecular complexity index is 527. The Morgan fingerprint density at radius 1 is 1.32 bits per heavy atom. The third-order valence-electron chi connectivity index (χ3n) is 2.42. The first-order valence-corrected chi connectivity index (χ1v) is 6.93. The Kier molecular flexibility index (Phi) is 7.06. The lowest BCUT2D eigenvalue weighted by atomic mass is 10.4. The van der Waals surface area contributed by atoms with E-state index in [0.717, 1.165) is 0 Å². The minimum absolute atomic E-state index is 0. The molecule has 0 atom stereocenters. The van der Waals surface area contributed by atoms with Crippen molar-refractivity contribution in [2.24, 2.45) is 7.05 Å². The molecule has 0 bridgehead atoms. The molecule has 0 unspecified atom stereocenters. The predicted molar refractivity (Wildman–Crippen MR) is 75.2 cm³/mol. The Labute approximate surface area is 119 Å². The zero-order valence-corrected chi connectivity index (χ0v) is 12.7. The quantitative estimate of drug-likeness (QED) is 0.606. The Morgan fingerprint density at radius 3 is 2.47 bits per heavy atom. The summed E-state index contributed by atoms with van der Waals surface area (Å²) in [6, 6.07) is 1.35. The number of nitrogens with one attached hydrogen (secondary N) is 3. The summed E-state index contributed by atoms with van der Waals surface area (Å²) in [4.78, 5) is 11.6. The van der Waals surface area contributed by atoms with Crippen LogP contribution in [0.1, 0.15) is 10.5 Å². The summed E-state index contributed by atoms with van der Waals surface area (Å²) in [5, 5.41) is 5.29. The molecule has 0 saturated carbocycles. The molecule has 1 rings (SSSR count). The van der Waals surface area contributed by atoms with Gasteiger partial charge < -0.3 is 15.2 Å². The average molecular weight is 311 g/mol. The van der Waals surface area contributed by atoms with Crippen molar-refractivity contribution in [3.05, 3.63) is 18.0 Å². The highest BCUT2D eigenvalue weighted by atomic mass is 35.5. The second-order valence-electron chi connectivity index (χ2n) is 3.75. The van der Waals surface area contributed by atoms with Gasteiger partial charge in [0.05, 0.1) is 0 Å². The van der Waals surface area contributed by atoms with Crippen LogP contribution in [-0.2, 0) is 17.1 Å². The lowest BCUT2D eigenvalue weighted by Crippen LogP contribution is -2.30. The van der Waals surface area contributed by atoms with Crippen LogP contribution in [0.5, 0.6) is 0 Å². The Hall–Kier alpha value is -1.09. The largest absolute Gasteiger partial charge is 0.354 e. The van der Waals surface area contributed by atoms with Gasteiger partial charge >= 0.3 is 0 Å². The van der Waals surface area contributed by atoms with Gasteiger partial charge in [-0.1, -0.05) is 0 Å². The minimum Gasteiger partial charge on any atom is -0.354 e. The standard InChI is InChI=1S/C10H18N4O3S.ClH/c1-11-4-5-13-18(16,17)8-6-9(10(15)12-2)14(3)7-8;/h6-7,11,13H,4-5H2,1-3H3,(H,12,15);1H. The van der Waals surface area contributed by atoms with Gasteiger partial charge in [-0.2, -0.15) is 0 Å². The molecular weight excluding hydrogens is 292 g/mol. The van der Waals surface area contributed by atoms with E-state index in [2.05, 4.69) is 15.4 Å². The number of hydrogen-bond acceptors (Lipinski definition) is 4. The summed E-state index contributed by atoms with van der Waals surface area (Å²) >= 11 is 0. The van der Waals surface area contributed by atoms with Crippen LogP contribution >= 0.6 is 12.4 Å². The number of amides is 1. The summed E-state index contributed by atoms with van der Waals surface area (Å²) in [7, 11) is 1.29. The molecule has 0 aromatic carbocycles. The molecule has 19 heavy (non-hydrogen) atoms. The van der Waals surface area contributed by atoms with E-state index < -0.39 is 10.0 Å². The van der Waals surface area contributed by atoms with Crippen LogP contribution in [0.15, 0.2) is 17.2 Å². The molecule has 0 radical (unpaired) electrons. The zero-order valence-electron chi connectivity index (χ0n) is 11.1. The third kappa shape index (κ3) is 4.50. The van der Waals surface area contributed by atoms with Crippen molar-refractivity contribution in [1.29, 1.82) is 0 Å². The van der Waals surface area contributed by atoms with Crippen LogP contribution in [0.25, 0.3) is 0 Å². The maximum Gasteiger partial charge on any atom is 0.267 e. The van der Waals surface area contributed by atoms with Gasteiger partial charge in [0.25, 0.3) is 5.91 Å². The molecule has 1 aromatic heterocycles. The van der Waals surface area contributed by atoms with E-state index in [-0.39, 0.29) is 23.2 Å². The molecule has 0 aliphatic rings. The van der Waals surface area contributed by atoms with Crippen LogP contribution in [0.2, 0.25) is 0 Å². The molecule has 7 nitrogen and oxygen atoms in total. The maximum atomic E-state index is 11.9. The number of halogens is 1. The summed E-state index contributed by atoms with van der Waals surface area (Å²) in [6.45, 7) is 0.831. The first-order chi connectivity index (χ1) is 8.42. The summed E-state index contributed by atoms with van der Waals surface area (Å²) in [5.41, 5.74) is 0.298. The number of aromatic nitrogens is 1. The molecule has 0 aliphatic heterocycles. The maximum absolute atomic E-state index is 11.9. The van der Waals surface area contributed by atoms with Crippen molar-refractivity contribution >= 4 is 28.3 Å². The minimum atomic E-state index is -3.57. The summed E-state index contributed by atoms with van der Waals surface area (Å²) in [5.74, 6) is -0.325. The van der Waals surface area contributed by atoms with Crippen LogP contribution < -0.4 is 15.4 Å². The fourth-order valence-corrected chi connectivity index (χ4v) is 2.53. The highest BCUT2D eigenvalue weighted by Gasteiger charge is 2.19. The van der Waals surface area contributed by atoms with Gasteiger partial charge in [-0.25, -0.2) is 13.1 Å². The van der Waals surface area contributed by atoms with Crippen molar-refractivity contribution < 1.29 is 13.2 Å². The number of hydrogen-bond donors (Lipinski definition) is 3. The van der Waals surface area contributed by atoms with Gasteiger partial charge in [0.15, 0.2) is 0 Å².